The first-order valence-corrected chi connectivity index (χ1v) is 12.4. The van der Waals surface area contributed by atoms with Gasteiger partial charge in [0.25, 0.3) is 11.8 Å². The Bertz CT molecular complexity index is 1330. The van der Waals surface area contributed by atoms with E-state index in [1.807, 2.05) is 44.2 Å². The van der Waals surface area contributed by atoms with Gasteiger partial charge in [0.05, 0.1) is 17.3 Å². The van der Waals surface area contributed by atoms with Crippen LogP contribution in [0.15, 0.2) is 66.2 Å². The van der Waals surface area contributed by atoms with Crippen LogP contribution in [0.3, 0.4) is 0 Å². The minimum atomic E-state index is -0.547. The van der Waals surface area contributed by atoms with Crippen LogP contribution in [-0.4, -0.2) is 32.1 Å². The summed E-state index contributed by atoms with van der Waals surface area (Å²) in [5, 5.41) is 15.1. The van der Waals surface area contributed by atoms with Crippen molar-refractivity contribution in [3.05, 3.63) is 80.9 Å². The predicted octanol–water partition coefficient (Wildman–Crippen LogP) is 5.57. The molecule has 0 spiro atoms. The normalized spacial score (nSPS) is 10.7. The number of benzene rings is 3. The van der Waals surface area contributed by atoms with Crippen LogP contribution in [-0.2, 0) is 9.59 Å². The molecule has 0 aromatic heterocycles. The summed E-state index contributed by atoms with van der Waals surface area (Å²) >= 11 is 2.07. The number of nitrogens with zero attached hydrogens (tertiary/aromatic N) is 1. The first kappa shape index (κ1) is 27.5. The number of ether oxygens (including phenoxy) is 3. The number of aryl methyl sites for hydroxylation is 1. The fourth-order valence-corrected chi connectivity index (χ4v) is 4.02. The minimum absolute atomic E-state index is 0.0831. The minimum Gasteiger partial charge on any atom is -0.497 e. The zero-order valence-corrected chi connectivity index (χ0v) is 22.8. The number of hydrogen-bond acceptors (Lipinski definition) is 6. The highest BCUT2D eigenvalue weighted by Crippen LogP contribution is 2.35. The summed E-state index contributed by atoms with van der Waals surface area (Å²) in [5.74, 6) is 0.597. The number of nitrogens with one attached hydrogen (secondary N) is 2. The molecule has 0 saturated heterocycles. The van der Waals surface area contributed by atoms with Crippen molar-refractivity contribution in [2.75, 3.05) is 31.0 Å². The zero-order chi connectivity index (χ0) is 26.8. The third kappa shape index (κ3) is 7.98. The fraction of sp³-hybridized carbons (Fsp3) is 0.179. The van der Waals surface area contributed by atoms with Gasteiger partial charge in [0.1, 0.15) is 17.4 Å². The van der Waals surface area contributed by atoms with E-state index in [4.69, 9.17) is 14.2 Å². The summed E-state index contributed by atoms with van der Waals surface area (Å²) in [4.78, 5) is 25.1. The SMILES string of the molecule is CCOc1cc(/C=C(\C#N)C(=O)Nc2ccc(OC)cc2)cc(I)c1OCC(=O)Nc1ccc(C)cc1. The second kappa shape index (κ2) is 13.3. The lowest BCUT2D eigenvalue weighted by Crippen LogP contribution is -2.20. The lowest BCUT2D eigenvalue weighted by Gasteiger charge is -2.15. The lowest BCUT2D eigenvalue weighted by atomic mass is 10.1. The first-order valence-electron chi connectivity index (χ1n) is 11.4. The number of halogens is 1. The van der Waals surface area contributed by atoms with Crippen LogP contribution < -0.4 is 24.8 Å². The largest absolute Gasteiger partial charge is 0.497 e. The van der Waals surface area contributed by atoms with Crippen molar-refractivity contribution in [3.63, 3.8) is 0 Å². The van der Waals surface area contributed by atoms with Crippen LogP contribution >= 0.6 is 22.6 Å². The summed E-state index contributed by atoms with van der Waals surface area (Å²) in [6.07, 6.45) is 1.47. The topological polar surface area (TPSA) is 110 Å². The molecule has 0 heterocycles. The highest BCUT2D eigenvalue weighted by molar-refractivity contribution is 14.1. The summed E-state index contributed by atoms with van der Waals surface area (Å²) in [6, 6.07) is 19.6. The van der Waals surface area contributed by atoms with E-state index < -0.39 is 5.91 Å². The Morgan fingerprint density at radius 1 is 1.00 bits per heavy atom. The molecular formula is C28H26IN3O5. The van der Waals surface area contributed by atoms with Gasteiger partial charge in [-0.25, -0.2) is 0 Å². The molecule has 8 nitrogen and oxygen atoms in total. The molecule has 3 aromatic carbocycles. The molecule has 0 aliphatic carbocycles. The van der Waals surface area contributed by atoms with Gasteiger partial charge in [0, 0.05) is 11.4 Å². The van der Waals surface area contributed by atoms with Gasteiger partial charge in [-0.2, -0.15) is 5.26 Å². The fourth-order valence-electron chi connectivity index (χ4n) is 3.23. The van der Waals surface area contributed by atoms with E-state index in [1.165, 1.54) is 6.08 Å². The lowest BCUT2D eigenvalue weighted by molar-refractivity contribution is -0.118. The Labute approximate surface area is 229 Å². The second-order valence-electron chi connectivity index (χ2n) is 7.82. The molecular weight excluding hydrogens is 585 g/mol. The number of carbonyl (C=O) groups excluding carboxylic acids is 2. The number of amides is 2. The van der Waals surface area contributed by atoms with Crippen LogP contribution in [0.25, 0.3) is 6.08 Å². The van der Waals surface area contributed by atoms with Crippen LogP contribution in [0, 0.1) is 21.8 Å². The van der Waals surface area contributed by atoms with Crippen LogP contribution in [0.4, 0.5) is 11.4 Å². The molecule has 0 bridgehead atoms. The molecule has 0 unspecified atom stereocenters. The monoisotopic (exact) mass is 611 g/mol. The molecule has 2 amide bonds. The summed E-state index contributed by atoms with van der Waals surface area (Å²) in [5.41, 5.74) is 2.79. The molecule has 0 atom stereocenters. The number of hydrogen-bond donors (Lipinski definition) is 2. The molecule has 0 radical (unpaired) electrons. The molecule has 37 heavy (non-hydrogen) atoms. The Kier molecular flexibility index (Phi) is 9.92. The molecule has 9 heteroatoms. The van der Waals surface area contributed by atoms with Crippen molar-refractivity contribution in [2.45, 2.75) is 13.8 Å². The molecule has 0 aliphatic heterocycles. The molecule has 0 saturated carbocycles. The maximum atomic E-state index is 12.7. The Balaban J connectivity index is 1.75. The summed E-state index contributed by atoms with van der Waals surface area (Å²) in [7, 11) is 1.55. The standard InChI is InChI=1S/C28H26IN3O5/c1-4-36-25-15-19(13-20(16-30)28(34)32-22-9-11-23(35-3)12-10-22)14-24(29)27(25)37-17-26(33)31-21-7-5-18(2)6-8-21/h5-15H,4,17H2,1-3H3,(H,31,33)(H,32,34)/b20-13+. The van der Waals surface area contributed by atoms with Gasteiger partial charge >= 0.3 is 0 Å². The number of anilines is 2. The van der Waals surface area contributed by atoms with E-state index in [0.29, 0.717) is 44.4 Å². The molecule has 0 fully saturated rings. The molecule has 2 N–H and O–H groups in total. The van der Waals surface area contributed by atoms with Gasteiger partial charge in [0.15, 0.2) is 18.1 Å². The molecule has 190 valence electrons. The third-order valence-electron chi connectivity index (χ3n) is 5.04. The average Bonchev–Trinajstić information content (AvgIpc) is 2.88. The molecule has 3 aromatic rings. The van der Waals surface area contributed by atoms with Gasteiger partial charge in [-0.3, -0.25) is 9.59 Å². The maximum absolute atomic E-state index is 12.7. The number of nitriles is 1. The van der Waals surface area contributed by atoms with Crippen molar-refractivity contribution in [2.24, 2.45) is 0 Å². The number of carbonyl (C=O) groups is 2. The summed E-state index contributed by atoms with van der Waals surface area (Å²) < 4.78 is 17.3. The Morgan fingerprint density at radius 2 is 1.65 bits per heavy atom. The number of rotatable bonds is 10. The highest BCUT2D eigenvalue weighted by atomic mass is 127. The second-order valence-corrected chi connectivity index (χ2v) is 8.98. The smallest absolute Gasteiger partial charge is 0.266 e. The molecule has 0 aliphatic rings. The van der Waals surface area contributed by atoms with Gasteiger partial charge in [0.2, 0.25) is 0 Å². The van der Waals surface area contributed by atoms with Crippen molar-refractivity contribution in [1.82, 2.24) is 0 Å². The van der Waals surface area contributed by atoms with E-state index in [9.17, 15) is 14.9 Å². The quantitative estimate of drug-likeness (QED) is 0.176. The predicted molar refractivity (Wildman–Crippen MR) is 151 cm³/mol. The van der Waals surface area contributed by atoms with Gasteiger partial charge in [-0.1, -0.05) is 17.7 Å². The molecule has 3 rings (SSSR count). The number of methoxy groups -OCH3 is 1. The van der Waals surface area contributed by atoms with E-state index in [2.05, 4.69) is 33.2 Å². The average molecular weight is 611 g/mol. The van der Waals surface area contributed by atoms with Crippen LogP contribution in [0.2, 0.25) is 0 Å². The van der Waals surface area contributed by atoms with Crippen molar-refractivity contribution in [3.8, 4) is 23.3 Å². The van der Waals surface area contributed by atoms with Crippen molar-refractivity contribution >= 4 is 51.9 Å². The van der Waals surface area contributed by atoms with E-state index in [0.717, 1.165) is 5.56 Å². The van der Waals surface area contributed by atoms with Gasteiger partial charge in [-0.15, -0.1) is 0 Å². The van der Waals surface area contributed by atoms with Crippen LogP contribution in [0.5, 0.6) is 17.2 Å². The van der Waals surface area contributed by atoms with Gasteiger partial charge in [-0.05, 0) is 96.6 Å². The van der Waals surface area contributed by atoms with E-state index in [1.54, 1.807) is 43.5 Å². The zero-order valence-electron chi connectivity index (χ0n) is 20.6. The first-order chi connectivity index (χ1) is 17.8. The Morgan fingerprint density at radius 3 is 2.27 bits per heavy atom. The highest BCUT2D eigenvalue weighted by Gasteiger charge is 2.16. The van der Waals surface area contributed by atoms with Crippen LogP contribution in [0.1, 0.15) is 18.1 Å². The van der Waals surface area contributed by atoms with Crippen molar-refractivity contribution < 1.29 is 23.8 Å². The third-order valence-corrected chi connectivity index (χ3v) is 5.84. The van der Waals surface area contributed by atoms with Gasteiger partial charge < -0.3 is 24.8 Å². The van der Waals surface area contributed by atoms with E-state index >= 15 is 0 Å². The van der Waals surface area contributed by atoms with E-state index in [-0.39, 0.29) is 18.1 Å². The summed E-state index contributed by atoms with van der Waals surface area (Å²) in [6.45, 7) is 3.94. The Hall–Kier alpha value is -4.04. The maximum Gasteiger partial charge on any atom is 0.266 e. The van der Waals surface area contributed by atoms with Crippen molar-refractivity contribution in [1.29, 1.82) is 5.26 Å².